The molecule has 2 aliphatic rings. The zero-order valence-corrected chi connectivity index (χ0v) is 21.0. The van der Waals surface area contributed by atoms with Gasteiger partial charge in [-0.25, -0.2) is 8.42 Å². The number of rotatable bonds is 9. The van der Waals surface area contributed by atoms with Crippen LogP contribution in [0.5, 0.6) is 5.75 Å². The molecule has 0 aromatic heterocycles. The number of aryl methyl sites for hydroxylation is 1. The molecule has 1 heterocycles. The van der Waals surface area contributed by atoms with Gasteiger partial charge in [0.05, 0.1) is 12.1 Å². The lowest BCUT2D eigenvalue weighted by atomic mass is 9.81. The third-order valence-electron chi connectivity index (χ3n) is 7.17. The number of benzene rings is 2. The Labute approximate surface area is 203 Å². The monoisotopic (exact) mass is 490 g/mol. The molecule has 0 bridgehead atoms. The van der Waals surface area contributed by atoms with Crippen LogP contribution in [0.4, 0.5) is 0 Å². The molecule has 1 N–H and O–H groups in total. The van der Waals surface area contributed by atoms with E-state index in [9.17, 15) is 8.42 Å². The van der Waals surface area contributed by atoms with Gasteiger partial charge in [-0.1, -0.05) is 29.8 Å². The van der Waals surface area contributed by atoms with Gasteiger partial charge in [0.25, 0.3) is 0 Å². The second-order valence-electron chi connectivity index (χ2n) is 9.37. The van der Waals surface area contributed by atoms with E-state index in [4.69, 9.17) is 16.3 Å². The lowest BCUT2D eigenvalue weighted by Crippen LogP contribution is -2.40. The van der Waals surface area contributed by atoms with Gasteiger partial charge >= 0.3 is 0 Å². The third kappa shape index (κ3) is 6.10. The van der Waals surface area contributed by atoms with E-state index >= 15 is 0 Å². The molecule has 0 radical (unpaired) electrons. The highest BCUT2D eigenvalue weighted by Gasteiger charge is 2.30. The summed E-state index contributed by atoms with van der Waals surface area (Å²) >= 11 is 6.13. The first kappa shape index (κ1) is 24.5. The summed E-state index contributed by atoms with van der Waals surface area (Å²) in [5.74, 6) is 2.26. The summed E-state index contributed by atoms with van der Waals surface area (Å²) < 4.78 is 32.7. The number of hydrogen-bond acceptors (Lipinski definition) is 4. The Bertz CT molecular complexity index is 1040. The summed E-state index contributed by atoms with van der Waals surface area (Å²) in [7, 11) is -1.78. The van der Waals surface area contributed by atoms with Crippen LogP contribution in [-0.2, 0) is 22.9 Å². The molecule has 180 valence electrons. The van der Waals surface area contributed by atoms with Crippen LogP contribution in [0.15, 0.2) is 47.4 Å². The van der Waals surface area contributed by atoms with Crippen molar-refractivity contribution in [1.82, 2.24) is 9.62 Å². The Morgan fingerprint density at radius 3 is 2.61 bits per heavy atom. The molecule has 1 aliphatic carbocycles. The smallest absolute Gasteiger partial charge is 0.244 e. The molecule has 0 saturated carbocycles. The van der Waals surface area contributed by atoms with Crippen molar-refractivity contribution in [2.75, 3.05) is 33.3 Å². The van der Waals surface area contributed by atoms with Crippen LogP contribution in [0, 0.1) is 11.8 Å². The molecule has 1 unspecified atom stereocenters. The molecular weight excluding hydrogens is 456 g/mol. The number of ether oxygens (including phenoxy) is 1. The van der Waals surface area contributed by atoms with E-state index in [-0.39, 0.29) is 4.90 Å². The van der Waals surface area contributed by atoms with Gasteiger partial charge < -0.3 is 10.1 Å². The van der Waals surface area contributed by atoms with Gasteiger partial charge in [-0.2, -0.15) is 4.31 Å². The molecular formula is C26H35ClN2O3S. The van der Waals surface area contributed by atoms with Crippen molar-refractivity contribution < 1.29 is 13.2 Å². The van der Waals surface area contributed by atoms with Crippen LogP contribution in [0.3, 0.4) is 0 Å². The number of halogens is 1. The summed E-state index contributed by atoms with van der Waals surface area (Å²) in [6, 6.07) is 13.2. The van der Waals surface area contributed by atoms with Crippen molar-refractivity contribution in [2.24, 2.45) is 11.8 Å². The minimum atomic E-state index is -3.51. The van der Waals surface area contributed by atoms with E-state index in [1.807, 2.05) is 0 Å². The van der Waals surface area contributed by atoms with Crippen molar-refractivity contribution in [3.8, 4) is 5.75 Å². The third-order valence-corrected chi connectivity index (χ3v) is 9.57. The maximum absolute atomic E-state index is 12.9. The van der Waals surface area contributed by atoms with Crippen LogP contribution >= 0.6 is 11.6 Å². The highest BCUT2D eigenvalue weighted by atomic mass is 35.5. The minimum absolute atomic E-state index is 0.215. The SMILES string of the molecule is COc1ccc2c(c1)CCC(CCCNCC1CCN(S(=O)(=O)c3ccccc3Cl)CC1)C2. The first-order valence-corrected chi connectivity index (χ1v) is 13.9. The fourth-order valence-corrected chi connectivity index (χ4v) is 7.11. The van der Waals surface area contributed by atoms with Crippen molar-refractivity contribution in [3.05, 3.63) is 58.6 Å². The van der Waals surface area contributed by atoms with E-state index in [1.54, 1.807) is 35.7 Å². The number of nitrogens with one attached hydrogen (secondary N) is 1. The Kier molecular flexibility index (Phi) is 8.34. The Balaban J connectivity index is 1.14. The molecule has 1 atom stereocenters. The number of methoxy groups -OCH3 is 1. The molecule has 1 fully saturated rings. The molecule has 7 heteroatoms. The van der Waals surface area contributed by atoms with Gasteiger partial charge in [-0.05, 0) is 105 Å². The molecule has 1 aliphatic heterocycles. The summed E-state index contributed by atoms with van der Waals surface area (Å²) in [6.07, 6.45) is 7.82. The second kappa shape index (κ2) is 11.2. The molecule has 1 saturated heterocycles. The molecule has 4 rings (SSSR count). The molecule has 2 aromatic rings. The van der Waals surface area contributed by atoms with Gasteiger partial charge in [-0.3, -0.25) is 0 Å². The Morgan fingerprint density at radius 1 is 1.06 bits per heavy atom. The first-order valence-electron chi connectivity index (χ1n) is 12.1. The predicted molar refractivity (Wildman–Crippen MR) is 134 cm³/mol. The average molecular weight is 491 g/mol. The lowest BCUT2D eigenvalue weighted by molar-refractivity contribution is 0.266. The van der Waals surface area contributed by atoms with Gasteiger partial charge in [0.15, 0.2) is 0 Å². The van der Waals surface area contributed by atoms with E-state index in [0.29, 0.717) is 24.0 Å². The Morgan fingerprint density at radius 2 is 1.85 bits per heavy atom. The number of piperidine rings is 1. The summed E-state index contributed by atoms with van der Waals surface area (Å²) in [5.41, 5.74) is 2.94. The molecule has 33 heavy (non-hydrogen) atoms. The lowest BCUT2D eigenvalue weighted by Gasteiger charge is -2.31. The van der Waals surface area contributed by atoms with Gasteiger partial charge in [0, 0.05) is 13.1 Å². The van der Waals surface area contributed by atoms with Crippen LogP contribution < -0.4 is 10.1 Å². The van der Waals surface area contributed by atoms with Gasteiger partial charge in [0.1, 0.15) is 10.6 Å². The zero-order chi connectivity index (χ0) is 23.3. The van der Waals surface area contributed by atoms with Crippen molar-refractivity contribution >= 4 is 21.6 Å². The minimum Gasteiger partial charge on any atom is -0.497 e. The van der Waals surface area contributed by atoms with Crippen molar-refractivity contribution in [3.63, 3.8) is 0 Å². The van der Waals surface area contributed by atoms with Gasteiger partial charge in [0.2, 0.25) is 10.0 Å². The summed E-state index contributed by atoms with van der Waals surface area (Å²) in [5, 5.41) is 3.91. The van der Waals surface area contributed by atoms with Crippen molar-refractivity contribution in [2.45, 2.75) is 49.8 Å². The highest BCUT2D eigenvalue weighted by molar-refractivity contribution is 7.89. The molecule has 2 aromatic carbocycles. The van der Waals surface area contributed by atoms with Crippen LogP contribution in [0.1, 0.15) is 43.2 Å². The molecule has 5 nitrogen and oxygen atoms in total. The average Bonchev–Trinajstić information content (AvgIpc) is 2.84. The second-order valence-corrected chi connectivity index (χ2v) is 11.7. The normalized spacial score (nSPS) is 19.9. The van der Waals surface area contributed by atoms with E-state index in [1.165, 1.54) is 36.8 Å². The van der Waals surface area contributed by atoms with Crippen molar-refractivity contribution in [1.29, 1.82) is 0 Å². The van der Waals surface area contributed by atoms with Gasteiger partial charge in [-0.15, -0.1) is 0 Å². The maximum Gasteiger partial charge on any atom is 0.244 e. The predicted octanol–water partition coefficient (Wildman–Crippen LogP) is 4.92. The Hall–Kier alpha value is -1.60. The van der Waals surface area contributed by atoms with Crippen LogP contribution in [0.25, 0.3) is 0 Å². The summed E-state index contributed by atoms with van der Waals surface area (Å²) in [6.45, 7) is 3.12. The first-order chi connectivity index (χ1) is 16.0. The van der Waals surface area contributed by atoms with Crippen LogP contribution in [-0.4, -0.2) is 46.0 Å². The van der Waals surface area contributed by atoms with E-state index in [2.05, 4.69) is 23.5 Å². The largest absolute Gasteiger partial charge is 0.497 e. The number of nitrogens with zero attached hydrogens (tertiary/aromatic N) is 1. The number of sulfonamides is 1. The number of fused-ring (bicyclic) bond motifs is 1. The van der Waals surface area contributed by atoms with E-state index < -0.39 is 10.0 Å². The molecule has 0 amide bonds. The fourth-order valence-electron chi connectivity index (χ4n) is 5.15. The molecule has 0 spiro atoms. The summed E-state index contributed by atoms with van der Waals surface area (Å²) in [4.78, 5) is 0.215. The standard InChI is InChI=1S/C26H35ClN2O3S/c1-32-24-11-10-22-17-20(8-9-23(22)18-24)5-4-14-28-19-21-12-15-29(16-13-21)33(30,31)26-7-3-2-6-25(26)27/h2-3,6-7,10-11,18,20-21,28H,4-5,8-9,12-17,19H2,1H3. The quantitative estimate of drug-likeness (QED) is 0.506. The fraction of sp³-hybridized carbons (Fsp3) is 0.538. The maximum atomic E-state index is 12.9. The zero-order valence-electron chi connectivity index (χ0n) is 19.4. The highest BCUT2D eigenvalue weighted by Crippen LogP contribution is 2.31. The van der Waals surface area contributed by atoms with E-state index in [0.717, 1.165) is 44.0 Å². The van der Waals surface area contributed by atoms with Crippen LogP contribution in [0.2, 0.25) is 5.02 Å². The topological polar surface area (TPSA) is 58.6 Å². The number of hydrogen-bond donors (Lipinski definition) is 1.